The lowest BCUT2D eigenvalue weighted by molar-refractivity contribution is -0.183. The number of carbonyl (C=O) groups excluding carboxylic acids is 3. The Balaban J connectivity index is 1.29. The van der Waals surface area contributed by atoms with Gasteiger partial charge in [-0.1, -0.05) is 69.3 Å². The van der Waals surface area contributed by atoms with Gasteiger partial charge in [0.05, 0.1) is 26.4 Å². The summed E-state index contributed by atoms with van der Waals surface area (Å²) >= 11 is 0. The van der Waals surface area contributed by atoms with Crippen LogP contribution in [0.15, 0.2) is 66.7 Å². The first-order valence-electron chi connectivity index (χ1n) is 20.1. The number of nitrogens with one attached hydrogen (secondary N) is 2. The van der Waals surface area contributed by atoms with Gasteiger partial charge in [0.15, 0.2) is 0 Å². The van der Waals surface area contributed by atoms with E-state index in [1.54, 1.807) is 45.3 Å². The molecule has 9 atom stereocenters. The van der Waals surface area contributed by atoms with Crippen molar-refractivity contribution < 1.29 is 34.2 Å². The topological polar surface area (TPSA) is 144 Å². The minimum absolute atomic E-state index is 0.0156. The summed E-state index contributed by atoms with van der Waals surface area (Å²) in [6, 6.07) is 19.2. The average molecular weight is 784 g/mol. The third-order valence-corrected chi connectivity index (χ3v) is 13.0. The summed E-state index contributed by atoms with van der Waals surface area (Å²) in [5.41, 5.74) is 4.47. The predicted molar refractivity (Wildman–Crippen MR) is 220 cm³/mol. The zero-order valence-corrected chi connectivity index (χ0v) is 34.9. The highest BCUT2D eigenvalue weighted by molar-refractivity contribution is 5.99. The quantitative estimate of drug-likeness (QED) is 0.186. The highest BCUT2D eigenvalue weighted by Crippen LogP contribution is 2.61. The van der Waals surface area contributed by atoms with Crippen molar-refractivity contribution in [2.45, 2.75) is 83.8 Å². The van der Waals surface area contributed by atoms with Crippen molar-refractivity contribution in [2.75, 3.05) is 46.8 Å². The van der Waals surface area contributed by atoms with E-state index in [2.05, 4.69) is 31.4 Å². The molecule has 1 heterocycles. The second-order valence-corrected chi connectivity index (χ2v) is 17.3. The average Bonchev–Trinajstić information content (AvgIpc) is 3.56. The summed E-state index contributed by atoms with van der Waals surface area (Å²) in [6.07, 6.45) is 0.726. The standard InChI is InChI=1S/C45H61N5O7/c1-26-35-22-32(45(35,3)4)23-36(26)46-43(54)40-39(27(2)52)38(25-51)57-50(40)24-29-16-13-17-34(41(29)56-9)30-19-31(21-33(20-30)48(5)6)42(53)47-37(44(55)49(7)8)18-28-14-11-10-12-15-28/h10-17,19-21,26-27,32,35-40,51-52H,18,22-25H2,1-9H3,(H,46,54)(H,47,53)/t26-,27-,32+,35+,36-,37+,38-,39-,40-/m0/s1. The molecule has 3 aromatic rings. The molecular formula is C45H61N5O7. The summed E-state index contributed by atoms with van der Waals surface area (Å²) in [5.74, 6) is 0.432. The number of ether oxygens (including phenoxy) is 1. The Kier molecular flexibility index (Phi) is 12.7. The Hall–Kier alpha value is -4.49. The van der Waals surface area contributed by atoms with Crippen LogP contribution in [-0.4, -0.2) is 110 Å². The molecule has 7 rings (SSSR count). The monoisotopic (exact) mass is 783 g/mol. The van der Waals surface area contributed by atoms with Gasteiger partial charge in [0.2, 0.25) is 11.8 Å². The van der Waals surface area contributed by atoms with Gasteiger partial charge in [-0.25, -0.2) is 0 Å². The number of amides is 3. The number of para-hydroxylation sites is 1. The summed E-state index contributed by atoms with van der Waals surface area (Å²) in [5, 5.41) is 29.3. The van der Waals surface area contributed by atoms with Gasteiger partial charge in [0.1, 0.15) is 23.9 Å². The number of rotatable bonds is 14. The van der Waals surface area contributed by atoms with Crippen molar-refractivity contribution in [3.8, 4) is 16.9 Å². The number of aliphatic hydroxyl groups excluding tert-OH is 2. The van der Waals surface area contributed by atoms with Crippen LogP contribution < -0.4 is 20.3 Å². The van der Waals surface area contributed by atoms with Crippen molar-refractivity contribution in [1.82, 2.24) is 20.6 Å². The molecule has 3 aliphatic carbocycles. The number of fused-ring (bicyclic) bond motifs is 2. The van der Waals surface area contributed by atoms with Crippen LogP contribution in [-0.2, 0) is 27.4 Å². The number of carbonyl (C=O) groups is 3. The van der Waals surface area contributed by atoms with Crippen molar-refractivity contribution in [3.05, 3.63) is 83.4 Å². The second-order valence-electron chi connectivity index (χ2n) is 17.3. The molecule has 4 fully saturated rings. The maximum absolute atomic E-state index is 14.3. The first-order chi connectivity index (χ1) is 27.0. The van der Waals surface area contributed by atoms with Crippen LogP contribution in [0.25, 0.3) is 11.1 Å². The number of hydroxylamine groups is 2. The van der Waals surface area contributed by atoms with E-state index in [4.69, 9.17) is 9.57 Å². The molecule has 0 spiro atoms. The van der Waals surface area contributed by atoms with E-state index in [1.807, 2.05) is 73.6 Å². The number of hydrogen-bond acceptors (Lipinski definition) is 9. The maximum Gasteiger partial charge on any atom is 0.252 e. The van der Waals surface area contributed by atoms with Crippen molar-refractivity contribution in [1.29, 1.82) is 0 Å². The van der Waals surface area contributed by atoms with E-state index in [1.165, 1.54) is 11.3 Å². The summed E-state index contributed by atoms with van der Waals surface area (Å²) in [7, 11) is 8.71. The van der Waals surface area contributed by atoms with Crippen molar-refractivity contribution >= 4 is 23.4 Å². The van der Waals surface area contributed by atoms with Gasteiger partial charge in [-0.05, 0) is 72.3 Å². The smallest absolute Gasteiger partial charge is 0.252 e. The molecule has 12 heteroatoms. The summed E-state index contributed by atoms with van der Waals surface area (Å²) in [4.78, 5) is 51.3. The molecule has 0 aromatic heterocycles. The van der Waals surface area contributed by atoms with Gasteiger partial charge in [-0.3, -0.25) is 19.2 Å². The Morgan fingerprint density at radius 1 is 1.02 bits per heavy atom. The van der Waals surface area contributed by atoms with Gasteiger partial charge < -0.3 is 35.4 Å². The predicted octanol–water partition coefficient (Wildman–Crippen LogP) is 4.52. The van der Waals surface area contributed by atoms with Crippen LogP contribution in [0.4, 0.5) is 5.69 Å². The Morgan fingerprint density at radius 3 is 2.33 bits per heavy atom. The number of nitrogens with zero attached hydrogens (tertiary/aromatic N) is 3. The number of likely N-dealkylation sites (N-methyl/N-ethyl adjacent to an activating group) is 1. The van der Waals surface area contributed by atoms with Crippen molar-refractivity contribution in [2.24, 2.45) is 29.1 Å². The number of hydrogen-bond donors (Lipinski definition) is 4. The zero-order valence-electron chi connectivity index (χ0n) is 34.9. The molecule has 3 aromatic carbocycles. The maximum atomic E-state index is 14.3. The van der Waals surface area contributed by atoms with Crippen LogP contribution in [0.5, 0.6) is 5.75 Å². The summed E-state index contributed by atoms with van der Waals surface area (Å²) < 4.78 is 6.08. The first-order valence-corrected chi connectivity index (χ1v) is 20.1. The van der Waals surface area contributed by atoms with Crippen LogP contribution in [0.2, 0.25) is 0 Å². The van der Waals surface area contributed by atoms with E-state index < -0.39 is 36.1 Å². The molecule has 12 nitrogen and oxygen atoms in total. The molecule has 3 saturated carbocycles. The minimum Gasteiger partial charge on any atom is -0.496 e. The van der Waals surface area contributed by atoms with Crippen molar-refractivity contribution in [3.63, 3.8) is 0 Å². The number of benzene rings is 3. The third kappa shape index (κ3) is 8.55. The van der Waals surface area contributed by atoms with Gasteiger partial charge in [0.25, 0.3) is 5.91 Å². The fraction of sp³-hybridized carbons (Fsp3) is 0.533. The third-order valence-electron chi connectivity index (χ3n) is 13.0. The zero-order chi connectivity index (χ0) is 41.3. The minimum atomic E-state index is -0.925. The van der Waals surface area contributed by atoms with Crippen LogP contribution in [0.1, 0.15) is 62.0 Å². The Bertz CT molecular complexity index is 1920. The number of aliphatic hydroxyl groups is 2. The van der Waals surface area contributed by atoms with Crippen LogP contribution in [0.3, 0.4) is 0 Å². The molecule has 2 bridgehead atoms. The molecular weight excluding hydrogens is 723 g/mol. The Morgan fingerprint density at radius 2 is 1.74 bits per heavy atom. The molecule has 57 heavy (non-hydrogen) atoms. The largest absolute Gasteiger partial charge is 0.496 e. The lowest BCUT2D eigenvalue weighted by Gasteiger charge is -2.62. The van der Waals surface area contributed by atoms with E-state index in [0.29, 0.717) is 52.2 Å². The van der Waals surface area contributed by atoms with Gasteiger partial charge in [-0.15, -0.1) is 0 Å². The molecule has 0 radical (unpaired) electrons. The summed E-state index contributed by atoms with van der Waals surface area (Å²) in [6.45, 7) is 8.28. The van der Waals surface area contributed by atoms with E-state index >= 15 is 0 Å². The number of methoxy groups -OCH3 is 1. The van der Waals surface area contributed by atoms with E-state index in [-0.39, 0.29) is 36.4 Å². The van der Waals surface area contributed by atoms with Gasteiger partial charge in [-0.2, -0.15) is 5.06 Å². The molecule has 0 unspecified atom stereocenters. The van der Waals surface area contributed by atoms with Crippen LogP contribution >= 0.6 is 0 Å². The molecule has 4 aliphatic rings. The van der Waals surface area contributed by atoms with Gasteiger partial charge >= 0.3 is 0 Å². The fourth-order valence-electron chi connectivity index (χ4n) is 9.59. The van der Waals surface area contributed by atoms with E-state index in [9.17, 15) is 24.6 Å². The molecule has 308 valence electrons. The lowest BCUT2D eigenvalue weighted by Crippen LogP contribution is -2.62. The SMILES string of the molecule is COc1c(CN2O[C@@H](CO)[C@H]([C@H](C)O)[C@H]2C(=O)N[C@H]2C[C@H]3C[C@H]([C@@H]2C)C3(C)C)cccc1-c1cc(C(=O)N[C@H](Cc2ccccc2)C(=O)N(C)C)cc(N(C)C)c1. The molecule has 4 N–H and O–H groups in total. The highest BCUT2D eigenvalue weighted by atomic mass is 16.7. The highest BCUT2D eigenvalue weighted by Gasteiger charge is 2.57. The fourth-order valence-corrected chi connectivity index (χ4v) is 9.59. The first kappa shape index (κ1) is 42.1. The normalized spacial score (nSPS) is 26.1. The second kappa shape index (κ2) is 17.2. The van der Waals surface area contributed by atoms with Crippen LogP contribution in [0, 0.1) is 29.1 Å². The van der Waals surface area contributed by atoms with E-state index in [0.717, 1.165) is 17.7 Å². The van der Waals surface area contributed by atoms with Gasteiger partial charge in [0, 0.05) is 68.9 Å². The number of anilines is 1. The molecule has 1 aliphatic heterocycles. The molecule has 1 saturated heterocycles. The lowest BCUT2D eigenvalue weighted by atomic mass is 9.45. The molecule has 3 amide bonds. The Labute approximate surface area is 337 Å².